The van der Waals surface area contributed by atoms with Gasteiger partial charge in [0.15, 0.2) is 5.78 Å². The molecule has 1 aliphatic carbocycles. The number of carbonyl (C=O) groups excluding carboxylic acids is 1. The number of Topliss-reactive ketones (excluding diaryl/α,β-unsaturated/α-hetero) is 1. The summed E-state index contributed by atoms with van der Waals surface area (Å²) in [4.78, 5) is 26.5. The molecule has 7 nitrogen and oxygen atoms in total. The summed E-state index contributed by atoms with van der Waals surface area (Å²) in [5, 5.41) is 24.0. The number of allylic oxidation sites excluding steroid dienone is 3. The Morgan fingerprint density at radius 3 is 2.73 bits per heavy atom. The number of thiophene rings is 1. The number of ketones is 1. The van der Waals surface area contributed by atoms with Gasteiger partial charge in [0, 0.05) is 23.8 Å². The minimum Gasteiger partial charge on any atom is -0.384 e. The normalized spacial score (nSPS) is 20.0. The number of nitriles is 1. The maximum Gasteiger partial charge on any atom is 0.293 e. The topological polar surface area (TPSA) is 113 Å². The lowest BCUT2D eigenvalue weighted by molar-refractivity contribution is -0.384. The molecule has 0 radical (unpaired) electrons. The quantitative estimate of drug-likeness (QED) is 0.331. The largest absolute Gasteiger partial charge is 0.384 e. The summed E-state index contributed by atoms with van der Waals surface area (Å²) in [7, 11) is 0. The van der Waals surface area contributed by atoms with Crippen molar-refractivity contribution < 1.29 is 9.72 Å². The predicted octanol–water partition coefficient (Wildman–Crippen LogP) is 5.71. The standard InChI is InChI=1S/C24H24N4O3S2/c1-4-32-23-14(9-10-33-23)20-15(13-25)22(26)27(16-7-5-6-8-17(16)28(30)31)18-11-24(2,3)12-19(29)21(18)20/h5-10,20H,4,11-12,26H2,1-3H3/t20-/m0/s1. The average molecular weight is 481 g/mol. The maximum atomic E-state index is 13.6. The molecule has 4 rings (SSSR count). The molecule has 0 saturated heterocycles. The fraction of sp³-hybridized carbons (Fsp3) is 0.333. The summed E-state index contributed by atoms with van der Waals surface area (Å²) in [6.07, 6.45) is 0.850. The van der Waals surface area contributed by atoms with Gasteiger partial charge in [0.1, 0.15) is 11.5 Å². The molecule has 1 aliphatic heterocycles. The second-order valence-corrected chi connectivity index (χ2v) is 11.3. The van der Waals surface area contributed by atoms with Crippen molar-refractivity contribution >= 4 is 40.3 Å². The summed E-state index contributed by atoms with van der Waals surface area (Å²) in [6.45, 7) is 6.06. The molecule has 1 atom stereocenters. The van der Waals surface area contributed by atoms with Crippen molar-refractivity contribution in [2.45, 2.75) is 43.7 Å². The molecule has 1 aromatic carbocycles. The molecule has 2 N–H and O–H groups in total. The second-order valence-electron chi connectivity index (χ2n) is 8.82. The van der Waals surface area contributed by atoms with E-state index >= 15 is 0 Å². The monoisotopic (exact) mass is 480 g/mol. The van der Waals surface area contributed by atoms with Crippen molar-refractivity contribution in [1.29, 1.82) is 5.26 Å². The molecule has 33 heavy (non-hydrogen) atoms. The second kappa shape index (κ2) is 8.69. The van der Waals surface area contributed by atoms with E-state index in [1.807, 2.05) is 25.3 Å². The molecule has 0 bridgehead atoms. The van der Waals surface area contributed by atoms with Crippen LogP contribution in [0.5, 0.6) is 0 Å². The summed E-state index contributed by atoms with van der Waals surface area (Å²) in [5.41, 5.74) is 8.71. The number of nitro benzene ring substituents is 1. The number of anilines is 1. The van der Waals surface area contributed by atoms with Gasteiger partial charge in [-0.1, -0.05) is 32.9 Å². The molecule has 2 aromatic rings. The van der Waals surface area contributed by atoms with Crippen LogP contribution < -0.4 is 10.6 Å². The number of para-hydroxylation sites is 2. The molecule has 0 spiro atoms. The summed E-state index contributed by atoms with van der Waals surface area (Å²) in [6, 6.07) is 10.5. The Balaban J connectivity index is 2.03. The molecule has 9 heteroatoms. The van der Waals surface area contributed by atoms with Crippen LogP contribution in [0.3, 0.4) is 0 Å². The SMILES string of the molecule is CCSc1sccc1[C@H]1C(C#N)=C(N)N(c2ccccc2[N+](=O)[O-])C2=C1C(=O)CC(C)(C)C2. The average Bonchev–Trinajstić information content (AvgIpc) is 3.20. The van der Waals surface area contributed by atoms with Crippen molar-refractivity contribution in [3.8, 4) is 6.07 Å². The Morgan fingerprint density at radius 1 is 1.33 bits per heavy atom. The van der Waals surface area contributed by atoms with Crippen LogP contribution in [-0.4, -0.2) is 16.5 Å². The van der Waals surface area contributed by atoms with Crippen LogP contribution in [0.1, 0.15) is 45.1 Å². The zero-order chi connectivity index (χ0) is 23.9. The Bertz CT molecular complexity index is 1250. The van der Waals surface area contributed by atoms with E-state index in [2.05, 4.69) is 13.0 Å². The number of rotatable bonds is 5. The molecule has 0 saturated carbocycles. The van der Waals surface area contributed by atoms with Gasteiger partial charge in [-0.3, -0.25) is 19.8 Å². The molecule has 0 amide bonds. The Kier molecular flexibility index (Phi) is 6.08. The highest BCUT2D eigenvalue weighted by Crippen LogP contribution is 2.52. The first kappa shape index (κ1) is 23.1. The Morgan fingerprint density at radius 2 is 2.06 bits per heavy atom. The van der Waals surface area contributed by atoms with Crippen molar-refractivity contribution in [2.24, 2.45) is 11.1 Å². The highest BCUT2D eigenvalue weighted by Gasteiger charge is 2.46. The number of benzene rings is 1. The van der Waals surface area contributed by atoms with Crippen LogP contribution in [0.2, 0.25) is 0 Å². The first-order valence-corrected chi connectivity index (χ1v) is 12.5. The molecule has 0 unspecified atom stereocenters. The van der Waals surface area contributed by atoms with E-state index in [0.29, 0.717) is 24.1 Å². The van der Waals surface area contributed by atoms with E-state index in [1.54, 1.807) is 46.2 Å². The number of nitrogens with two attached hydrogens (primary N) is 1. The molecule has 2 aliphatic rings. The van der Waals surface area contributed by atoms with Crippen molar-refractivity contribution in [3.05, 3.63) is 74.1 Å². The van der Waals surface area contributed by atoms with Gasteiger partial charge >= 0.3 is 0 Å². The number of nitro groups is 1. The number of carbonyl (C=O) groups is 1. The van der Waals surface area contributed by atoms with Gasteiger partial charge < -0.3 is 5.73 Å². The Hall–Kier alpha value is -3.09. The van der Waals surface area contributed by atoms with Crippen LogP contribution in [0.15, 0.2) is 62.6 Å². The number of hydrogen-bond donors (Lipinski definition) is 1. The highest BCUT2D eigenvalue weighted by atomic mass is 32.2. The first-order chi connectivity index (χ1) is 15.7. The minimum atomic E-state index is -0.576. The third kappa shape index (κ3) is 3.94. The van der Waals surface area contributed by atoms with Crippen molar-refractivity contribution in [1.82, 2.24) is 0 Å². The fourth-order valence-corrected chi connectivity index (χ4v) is 6.74. The first-order valence-electron chi connectivity index (χ1n) is 10.6. The predicted molar refractivity (Wildman–Crippen MR) is 131 cm³/mol. The van der Waals surface area contributed by atoms with Gasteiger partial charge in [-0.05, 0) is 40.7 Å². The van der Waals surface area contributed by atoms with Gasteiger partial charge in [-0.15, -0.1) is 23.1 Å². The molecule has 0 fully saturated rings. The fourth-order valence-electron chi connectivity index (χ4n) is 4.67. The van der Waals surface area contributed by atoms with E-state index in [9.17, 15) is 20.2 Å². The van der Waals surface area contributed by atoms with Crippen LogP contribution in [0.25, 0.3) is 0 Å². The van der Waals surface area contributed by atoms with Crippen LogP contribution in [-0.2, 0) is 4.79 Å². The molecule has 2 heterocycles. The number of thioether (sulfide) groups is 1. The van der Waals surface area contributed by atoms with Gasteiger partial charge in [0.25, 0.3) is 5.69 Å². The van der Waals surface area contributed by atoms with Crippen LogP contribution >= 0.6 is 23.1 Å². The minimum absolute atomic E-state index is 0.0475. The van der Waals surface area contributed by atoms with E-state index in [1.165, 1.54) is 6.07 Å². The lowest BCUT2D eigenvalue weighted by Gasteiger charge is -2.43. The van der Waals surface area contributed by atoms with Gasteiger partial charge in [-0.2, -0.15) is 5.26 Å². The lowest BCUT2D eigenvalue weighted by atomic mass is 9.69. The van der Waals surface area contributed by atoms with Gasteiger partial charge in [-0.25, -0.2) is 0 Å². The number of hydrogen-bond acceptors (Lipinski definition) is 8. The van der Waals surface area contributed by atoms with Crippen molar-refractivity contribution in [3.63, 3.8) is 0 Å². The highest BCUT2D eigenvalue weighted by molar-refractivity contribution is 8.01. The summed E-state index contributed by atoms with van der Waals surface area (Å²) >= 11 is 3.25. The van der Waals surface area contributed by atoms with E-state index in [-0.39, 0.29) is 34.0 Å². The summed E-state index contributed by atoms with van der Waals surface area (Å²) in [5.74, 6) is 0.373. The van der Waals surface area contributed by atoms with Crippen LogP contribution in [0.4, 0.5) is 11.4 Å². The van der Waals surface area contributed by atoms with Gasteiger partial charge in [0.2, 0.25) is 0 Å². The molecule has 170 valence electrons. The molecular weight excluding hydrogens is 456 g/mol. The van der Waals surface area contributed by atoms with E-state index in [0.717, 1.165) is 15.5 Å². The summed E-state index contributed by atoms with van der Waals surface area (Å²) < 4.78 is 1.05. The zero-order valence-corrected chi connectivity index (χ0v) is 20.3. The smallest absolute Gasteiger partial charge is 0.293 e. The third-order valence-electron chi connectivity index (χ3n) is 5.95. The number of nitrogens with zero attached hydrogens (tertiary/aromatic N) is 3. The van der Waals surface area contributed by atoms with Crippen molar-refractivity contribution in [2.75, 3.05) is 10.7 Å². The zero-order valence-electron chi connectivity index (χ0n) is 18.6. The lowest BCUT2D eigenvalue weighted by Crippen LogP contribution is -2.42. The van der Waals surface area contributed by atoms with E-state index < -0.39 is 10.8 Å². The molecular formula is C24H24N4O3S2. The van der Waals surface area contributed by atoms with E-state index in [4.69, 9.17) is 5.73 Å². The van der Waals surface area contributed by atoms with Gasteiger partial charge in [0.05, 0.1) is 26.7 Å². The maximum absolute atomic E-state index is 13.6. The third-order valence-corrected chi connectivity index (χ3v) is 8.10. The van der Waals surface area contributed by atoms with Crippen LogP contribution in [0, 0.1) is 26.9 Å². The molecule has 1 aromatic heterocycles. The Labute approximate surface area is 200 Å².